The number of hydrogen-bond acceptors (Lipinski definition) is 5. The molecule has 88 valence electrons. The molecule has 0 aliphatic carbocycles. The quantitative estimate of drug-likeness (QED) is 0.772. The number of nitrogens with zero attached hydrogens (tertiary/aromatic N) is 4. The zero-order chi connectivity index (χ0) is 12.5. The second kappa shape index (κ2) is 3.89. The topological polar surface area (TPSA) is 92.6 Å². The maximum absolute atomic E-state index is 9.27. The molecule has 2 heterocycles. The molecule has 1 aliphatic heterocycles. The lowest BCUT2D eigenvalue weighted by molar-refractivity contribution is 0.585. The Labute approximate surface area is 103 Å². The molecular weight excluding hydrogens is 228 g/mol. The summed E-state index contributed by atoms with van der Waals surface area (Å²) in [6.45, 7) is 0. The van der Waals surface area contributed by atoms with E-state index in [4.69, 9.17) is 5.73 Å². The summed E-state index contributed by atoms with van der Waals surface area (Å²) in [6.07, 6.45) is 1.44. The Balaban J connectivity index is 2.20. The third-order valence-corrected chi connectivity index (χ3v) is 2.86. The lowest BCUT2D eigenvalue weighted by atomic mass is 9.98. The van der Waals surface area contributed by atoms with E-state index < -0.39 is 0 Å². The molecule has 6 heteroatoms. The van der Waals surface area contributed by atoms with Crippen LogP contribution in [-0.2, 0) is 0 Å². The minimum Gasteiger partial charge on any atom is -0.384 e. The first-order valence-corrected chi connectivity index (χ1v) is 5.42. The van der Waals surface area contributed by atoms with Gasteiger partial charge in [-0.05, 0) is 5.56 Å². The van der Waals surface area contributed by atoms with Gasteiger partial charge in [-0.2, -0.15) is 15.3 Å². The molecule has 3 rings (SSSR count). The first kappa shape index (κ1) is 10.4. The van der Waals surface area contributed by atoms with E-state index in [1.807, 2.05) is 30.3 Å². The Hall–Kier alpha value is -2.81. The highest BCUT2D eigenvalue weighted by Crippen LogP contribution is 2.32. The van der Waals surface area contributed by atoms with E-state index in [1.165, 1.54) is 6.33 Å². The predicted molar refractivity (Wildman–Crippen MR) is 65.1 cm³/mol. The van der Waals surface area contributed by atoms with Crippen LogP contribution in [0.2, 0.25) is 0 Å². The molecule has 0 amide bonds. The highest BCUT2D eigenvalue weighted by Gasteiger charge is 2.29. The Morgan fingerprint density at radius 1 is 1.33 bits per heavy atom. The Morgan fingerprint density at radius 2 is 2.11 bits per heavy atom. The zero-order valence-corrected chi connectivity index (χ0v) is 9.41. The molecule has 0 saturated heterocycles. The summed E-state index contributed by atoms with van der Waals surface area (Å²) < 4.78 is 1.66. The van der Waals surface area contributed by atoms with Crippen LogP contribution in [0, 0.1) is 11.3 Å². The Morgan fingerprint density at radius 3 is 2.83 bits per heavy atom. The van der Waals surface area contributed by atoms with Crippen LogP contribution in [0.5, 0.6) is 0 Å². The van der Waals surface area contributed by atoms with Crippen molar-refractivity contribution in [2.75, 3.05) is 5.32 Å². The number of nitriles is 1. The average molecular weight is 238 g/mol. The van der Waals surface area contributed by atoms with Crippen LogP contribution in [0.4, 0.5) is 5.95 Å². The minimum atomic E-state index is -0.324. The summed E-state index contributed by atoms with van der Waals surface area (Å²) in [7, 11) is 0. The molecule has 6 nitrogen and oxygen atoms in total. The van der Waals surface area contributed by atoms with Crippen molar-refractivity contribution in [1.29, 1.82) is 5.26 Å². The largest absolute Gasteiger partial charge is 0.384 e. The first-order valence-electron chi connectivity index (χ1n) is 5.42. The molecule has 1 aromatic heterocycles. The van der Waals surface area contributed by atoms with Crippen LogP contribution in [0.15, 0.2) is 48.1 Å². The third-order valence-electron chi connectivity index (χ3n) is 2.86. The SMILES string of the molecule is N#CC1=C(N)Nc2ncnn2C1c1ccccc1. The van der Waals surface area contributed by atoms with Crippen LogP contribution < -0.4 is 11.1 Å². The predicted octanol–water partition coefficient (Wildman–Crippen LogP) is 0.987. The van der Waals surface area contributed by atoms with Gasteiger partial charge in [-0.1, -0.05) is 30.3 Å². The van der Waals surface area contributed by atoms with E-state index in [9.17, 15) is 5.26 Å². The van der Waals surface area contributed by atoms with Gasteiger partial charge in [0.1, 0.15) is 24.3 Å². The van der Waals surface area contributed by atoms with E-state index in [2.05, 4.69) is 21.5 Å². The number of rotatable bonds is 1. The average Bonchev–Trinajstić information content (AvgIpc) is 2.85. The van der Waals surface area contributed by atoms with Gasteiger partial charge in [-0.3, -0.25) is 0 Å². The molecule has 18 heavy (non-hydrogen) atoms. The number of hydrogen-bond donors (Lipinski definition) is 2. The van der Waals surface area contributed by atoms with Crippen LogP contribution in [0.3, 0.4) is 0 Å². The summed E-state index contributed by atoms with van der Waals surface area (Å²) in [5.74, 6) is 0.868. The van der Waals surface area contributed by atoms with Gasteiger partial charge < -0.3 is 11.1 Å². The van der Waals surface area contributed by atoms with Gasteiger partial charge in [0.2, 0.25) is 5.95 Å². The van der Waals surface area contributed by atoms with Crippen LogP contribution in [-0.4, -0.2) is 14.8 Å². The van der Waals surface area contributed by atoms with E-state index in [1.54, 1.807) is 4.68 Å². The maximum atomic E-state index is 9.27. The van der Waals surface area contributed by atoms with Crippen molar-refractivity contribution < 1.29 is 0 Å². The molecule has 3 N–H and O–H groups in total. The number of fused-ring (bicyclic) bond motifs is 1. The summed E-state index contributed by atoms with van der Waals surface area (Å²) in [6, 6.07) is 11.4. The molecule has 0 fully saturated rings. The highest BCUT2D eigenvalue weighted by molar-refractivity contribution is 5.50. The van der Waals surface area contributed by atoms with Gasteiger partial charge in [0.15, 0.2) is 0 Å². The van der Waals surface area contributed by atoms with Crippen molar-refractivity contribution in [2.24, 2.45) is 5.73 Å². The second-order valence-electron chi connectivity index (χ2n) is 3.91. The summed E-state index contributed by atoms with van der Waals surface area (Å²) in [5, 5.41) is 16.3. The normalized spacial score (nSPS) is 17.8. The van der Waals surface area contributed by atoms with E-state index in [0.29, 0.717) is 17.3 Å². The Bertz CT molecular complexity index is 649. The van der Waals surface area contributed by atoms with Crippen molar-refractivity contribution in [3.05, 3.63) is 53.6 Å². The van der Waals surface area contributed by atoms with E-state index >= 15 is 0 Å². The molecule has 0 spiro atoms. The first-order chi connectivity index (χ1) is 8.81. The molecule has 1 aliphatic rings. The minimum absolute atomic E-state index is 0.324. The number of aromatic nitrogens is 3. The number of nitrogens with two attached hydrogens (primary N) is 1. The van der Waals surface area contributed by atoms with Gasteiger partial charge in [-0.15, -0.1) is 0 Å². The van der Waals surface area contributed by atoms with Gasteiger partial charge in [0.25, 0.3) is 0 Å². The smallest absolute Gasteiger partial charge is 0.227 e. The maximum Gasteiger partial charge on any atom is 0.227 e. The van der Waals surface area contributed by atoms with Crippen LogP contribution >= 0.6 is 0 Å². The van der Waals surface area contributed by atoms with Crippen LogP contribution in [0.1, 0.15) is 11.6 Å². The summed E-state index contributed by atoms with van der Waals surface area (Å²) in [5.41, 5.74) is 7.25. The molecule has 1 aromatic carbocycles. The second-order valence-corrected chi connectivity index (χ2v) is 3.91. The molecule has 0 radical (unpaired) electrons. The fraction of sp³-hybridized carbons (Fsp3) is 0.0833. The van der Waals surface area contributed by atoms with E-state index in [0.717, 1.165) is 5.56 Å². The van der Waals surface area contributed by atoms with Crippen molar-refractivity contribution in [3.63, 3.8) is 0 Å². The lowest BCUT2D eigenvalue weighted by Crippen LogP contribution is -2.28. The zero-order valence-electron chi connectivity index (χ0n) is 9.41. The molecule has 0 saturated carbocycles. The lowest BCUT2D eigenvalue weighted by Gasteiger charge is -2.25. The van der Waals surface area contributed by atoms with E-state index in [-0.39, 0.29) is 6.04 Å². The molecule has 1 atom stereocenters. The van der Waals surface area contributed by atoms with Gasteiger partial charge in [0, 0.05) is 0 Å². The molecule has 0 bridgehead atoms. The highest BCUT2D eigenvalue weighted by atomic mass is 15.4. The molecule has 1 unspecified atom stereocenters. The summed E-state index contributed by atoms with van der Waals surface area (Å²) in [4.78, 5) is 4.07. The van der Waals surface area contributed by atoms with Gasteiger partial charge >= 0.3 is 0 Å². The number of nitrogens with one attached hydrogen (secondary N) is 1. The third kappa shape index (κ3) is 1.42. The number of allylic oxidation sites excluding steroid dienone is 1. The number of anilines is 1. The van der Waals surface area contributed by atoms with Crippen molar-refractivity contribution in [1.82, 2.24) is 14.8 Å². The van der Waals surface area contributed by atoms with Gasteiger partial charge in [-0.25, -0.2) is 4.68 Å². The fourth-order valence-electron chi connectivity index (χ4n) is 2.05. The van der Waals surface area contributed by atoms with Crippen molar-refractivity contribution in [2.45, 2.75) is 6.04 Å². The number of benzene rings is 1. The molecule has 2 aromatic rings. The summed E-state index contributed by atoms with van der Waals surface area (Å²) >= 11 is 0. The van der Waals surface area contributed by atoms with Crippen molar-refractivity contribution >= 4 is 5.95 Å². The fourth-order valence-corrected chi connectivity index (χ4v) is 2.05. The molecular formula is C12H10N6. The Kier molecular flexibility index (Phi) is 2.24. The van der Waals surface area contributed by atoms with Crippen molar-refractivity contribution in [3.8, 4) is 6.07 Å². The monoisotopic (exact) mass is 238 g/mol. The van der Waals surface area contributed by atoms with Gasteiger partial charge in [0.05, 0.1) is 5.57 Å². The van der Waals surface area contributed by atoms with Crippen LogP contribution in [0.25, 0.3) is 0 Å². The standard InChI is InChI=1S/C12H10N6/c13-6-9-10(8-4-2-1-3-5-8)18-12(15-7-16-18)17-11(9)14/h1-5,7,10H,14H2,(H,15,16,17).